The molecule has 3 nitrogen and oxygen atoms in total. The molecule has 0 saturated carbocycles. The molecule has 2 aromatic rings. The number of rotatable bonds is 5. The Labute approximate surface area is 131 Å². The van der Waals surface area contributed by atoms with Crippen molar-refractivity contribution in [3.8, 4) is 5.75 Å². The molecule has 0 amide bonds. The first-order valence-corrected chi connectivity index (χ1v) is 6.96. The standard InChI is InChI=1S/C17H15F3O3/c1-2-22-16(21)13-6-8-15(9-7-13)23-11-12-4-3-5-14(10-12)17(18,19)20/h3-10H,2,11H2,1H3. The number of hydrogen-bond donors (Lipinski definition) is 0. The van der Waals surface area contributed by atoms with Crippen molar-refractivity contribution < 1.29 is 27.4 Å². The van der Waals surface area contributed by atoms with Gasteiger partial charge in [0.05, 0.1) is 17.7 Å². The molecule has 6 heteroatoms. The van der Waals surface area contributed by atoms with Gasteiger partial charge in [0.15, 0.2) is 0 Å². The lowest BCUT2D eigenvalue weighted by molar-refractivity contribution is -0.137. The number of carbonyl (C=O) groups excluding carboxylic acids is 1. The van der Waals surface area contributed by atoms with E-state index in [0.29, 0.717) is 16.9 Å². The first kappa shape index (κ1) is 16.9. The van der Waals surface area contributed by atoms with Gasteiger partial charge in [0.1, 0.15) is 12.4 Å². The molecular formula is C17H15F3O3. The van der Waals surface area contributed by atoms with Crippen molar-refractivity contribution in [2.24, 2.45) is 0 Å². The van der Waals surface area contributed by atoms with Crippen LogP contribution in [0.5, 0.6) is 5.75 Å². The summed E-state index contributed by atoms with van der Waals surface area (Å²) in [5.41, 5.74) is 0.0869. The maximum atomic E-state index is 12.6. The van der Waals surface area contributed by atoms with Gasteiger partial charge >= 0.3 is 12.1 Å². The van der Waals surface area contributed by atoms with Gasteiger partial charge in [0.2, 0.25) is 0 Å². The van der Waals surface area contributed by atoms with E-state index in [9.17, 15) is 18.0 Å². The summed E-state index contributed by atoms with van der Waals surface area (Å²) < 4.78 is 48.2. The maximum absolute atomic E-state index is 12.6. The van der Waals surface area contributed by atoms with Crippen molar-refractivity contribution in [3.63, 3.8) is 0 Å². The van der Waals surface area contributed by atoms with E-state index in [1.807, 2.05) is 0 Å². The van der Waals surface area contributed by atoms with Crippen LogP contribution >= 0.6 is 0 Å². The SMILES string of the molecule is CCOC(=O)c1ccc(OCc2cccc(C(F)(F)F)c2)cc1. The molecule has 23 heavy (non-hydrogen) atoms. The molecule has 2 rings (SSSR count). The molecule has 2 aromatic carbocycles. The third-order valence-corrected chi connectivity index (χ3v) is 3.03. The van der Waals surface area contributed by atoms with E-state index in [2.05, 4.69) is 0 Å². The number of carbonyl (C=O) groups is 1. The highest BCUT2D eigenvalue weighted by atomic mass is 19.4. The summed E-state index contributed by atoms with van der Waals surface area (Å²) in [7, 11) is 0. The van der Waals surface area contributed by atoms with Crippen LogP contribution in [-0.4, -0.2) is 12.6 Å². The van der Waals surface area contributed by atoms with Crippen molar-refractivity contribution in [1.29, 1.82) is 0 Å². The maximum Gasteiger partial charge on any atom is 0.416 e. The largest absolute Gasteiger partial charge is 0.489 e. The zero-order valence-electron chi connectivity index (χ0n) is 12.4. The fourth-order valence-corrected chi connectivity index (χ4v) is 1.91. The van der Waals surface area contributed by atoms with Crippen LogP contribution in [-0.2, 0) is 17.5 Å². The predicted octanol–water partition coefficient (Wildman–Crippen LogP) is 4.46. The quantitative estimate of drug-likeness (QED) is 0.762. The van der Waals surface area contributed by atoms with E-state index < -0.39 is 17.7 Å². The number of hydrogen-bond acceptors (Lipinski definition) is 3. The van der Waals surface area contributed by atoms with E-state index in [-0.39, 0.29) is 13.2 Å². The topological polar surface area (TPSA) is 35.5 Å². The molecule has 0 spiro atoms. The van der Waals surface area contributed by atoms with Crippen molar-refractivity contribution in [2.75, 3.05) is 6.61 Å². The smallest absolute Gasteiger partial charge is 0.416 e. The minimum atomic E-state index is -4.38. The first-order valence-electron chi connectivity index (χ1n) is 6.96. The van der Waals surface area contributed by atoms with E-state index in [0.717, 1.165) is 12.1 Å². The van der Waals surface area contributed by atoms with Crippen molar-refractivity contribution in [3.05, 3.63) is 65.2 Å². The van der Waals surface area contributed by atoms with Crippen molar-refractivity contribution >= 4 is 5.97 Å². The summed E-state index contributed by atoms with van der Waals surface area (Å²) in [4.78, 5) is 11.5. The van der Waals surface area contributed by atoms with Gasteiger partial charge in [-0.05, 0) is 48.9 Å². The lowest BCUT2D eigenvalue weighted by Crippen LogP contribution is -2.06. The molecule has 0 unspecified atom stereocenters. The Balaban J connectivity index is 2.00. The minimum absolute atomic E-state index is 0.00265. The average Bonchev–Trinajstić information content (AvgIpc) is 2.53. The number of ether oxygens (including phenoxy) is 2. The third-order valence-electron chi connectivity index (χ3n) is 3.03. The normalized spacial score (nSPS) is 11.1. The molecule has 0 bridgehead atoms. The Bertz CT molecular complexity index is 664. The Morgan fingerprint density at radius 2 is 1.78 bits per heavy atom. The zero-order chi connectivity index (χ0) is 16.9. The second-order valence-corrected chi connectivity index (χ2v) is 4.73. The summed E-state index contributed by atoms with van der Waals surface area (Å²) in [6.45, 7) is 2.00. The van der Waals surface area contributed by atoms with Crippen molar-refractivity contribution in [2.45, 2.75) is 19.7 Å². The van der Waals surface area contributed by atoms with Crippen LogP contribution < -0.4 is 4.74 Å². The molecule has 0 aromatic heterocycles. The van der Waals surface area contributed by atoms with Crippen LogP contribution in [0.25, 0.3) is 0 Å². The molecule has 0 atom stereocenters. The monoisotopic (exact) mass is 324 g/mol. The average molecular weight is 324 g/mol. The van der Waals surface area contributed by atoms with Crippen LogP contribution in [0.3, 0.4) is 0 Å². The lowest BCUT2D eigenvalue weighted by Gasteiger charge is -2.10. The number of esters is 1. The van der Waals surface area contributed by atoms with Crippen LogP contribution in [0.1, 0.15) is 28.4 Å². The predicted molar refractivity (Wildman–Crippen MR) is 78.2 cm³/mol. The summed E-state index contributed by atoms with van der Waals surface area (Å²) >= 11 is 0. The van der Waals surface area contributed by atoms with Gasteiger partial charge in [-0.1, -0.05) is 12.1 Å². The first-order chi connectivity index (χ1) is 10.9. The molecule has 0 N–H and O–H groups in total. The van der Waals surface area contributed by atoms with E-state index in [4.69, 9.17) is 9.47 Å². The fourth-order valence-electron chi connectivity index (χ4n) is 1.91. The molecular weight excluding hydrogens is 309 g/mol. The Morgan fingerprint density at radius 3 is 2.39 bits per heavy atom. The van der Waals surface area contributed by atoms with Crippen LogP contribution in [0.4, 0.5) is 13.2 Å². The molecule has 0 heterocycles. The van der Waals surface area contributed by atoms with E-state index in [1.165, 1.54) is 6.07 Å². The molecule has 0 fully saturated rings. The highest BCUT2D eigenvalue weighted by Crippen LogP contribution is 2.29. The van der Waals surface area contributed by atoms with Gasteiger partial charge in [-0.3, -0.25) is 0 Å². The van der Waals surface area contributed by atoms with Gasteiger partial charge in [-0.25, -0.2) is 4.79 Å². The number of alkyl halides is 3. The lowest BCUT2D eigenvalue weighted by atomic mass is 10.1. The molecule has 0 aliphatic heterocycles. The van der Waals surface area contributed by atoms with E-state index in [1.54, 1.807) is 37.3 Å². The molecule has 0 saturated heterocycles. The minimum Gasteiger partial charge on any atom is -0.489 e. The van der Waals surface area contributed by atoms with Crippen LogP contribution in [0, 0.1) is 0 Å². The van der Waals surface area contributed by atoms with Gasteiger partial charge in [-0.15, -0.1) is 0 Å². The second kappa shape index (κ2) is 7.17. The van der Waals surface area contributed by atoms with Crippen molar-refractivity contribution in [1.82, 2.24) is 0 Å². The van der Waals surface area contributed by atoms with E-state index >= 15 is 0 Å². The highest BCUT2D eigenvalue weighted by molar-refractivity contribution is 5.89. The summed E-state index contributed by atoms with van der Waals surface area (Å²) in [5, 5.41) is 0. The number of halogens is 3. The second-order valence-electron chi connectivity index (χ2n) is 4.73. The Morgan fingerprint density at radius 1 is 1.09 bits per heavy atom. The van der Waals surface area contributed by atoms with Crippen LogP contribution in [0.15, 0.2) is 48.5 Å². The summed E-state index contributed by atoms with van der Waals surface area (Å²) in [6.07, 6.45) is -4.38. The summed E-state index contributed by atoms with van der Waals surface area (Å²) in [6, 6.07) is 11.2. The summed E-state index contributed by atoms with van der Waals surface area (Å²) in [5.74, 6) is 0.0207. The third kappa shape index (κ3) is 4.74. The fraction of sp³-hybridized carbons (Fsp3) is 0.235. The Kier molecular flexibility index (Phi) is 5.26. The molecule has 0 radical (unpaired) electrons. The highest BCUT2D eigenvalue weighted by Gasteiger charge is 2.30. The van der Waals surface area contributed by atoms with Gasteiger partial charge in [0.25, 0.3) is 0 Å². The Hall–Kier alpha value is -2.50. The van der Waals surface area contributed by atoms with Gasteiger partial charge < -0.3 is 9.47 Å². The molecule has 0 aliphatic carbocycles. The zero-order valence-corrected chi connectivity index (χ0v) is 12.4. The van der Waals surface area contributed by atoms with Crippen LogP contribution in [0.2, 0.25) is 0 Å². The van der Waals surface area contributed by atoms with Gasteiger partial charge in [0, 0.05) is 0 Å². The number of benzene rings is 2. The molecule has 122 valence electrons. The van der Waals surface area contributed by atoms with Gasteiger partial charge in [-0.2, -0.15) is 13.2 Å². The molecule has 0 aliphatic rings.